The van der Waals surface area contributed by atoms with Crippen LogP contribution in [0.5, 0.6) is 0 Å². The van der Waals surface area contributed by atoms with Gasteiger partial charge >= 0.3 is 30.1 Å². The van der Waals surface area contributed by atoms with Crippen LogP contribution >= 0.6 is 0 Å². The SMILES string of the molecule is Cc1ccc(C(=O)OC(C(=O)O)C(OC(=O)c2ccc(C)cc2)C(=O)O)cc1.O=C1[C@H](Cc2ccccc2N2CCNCC2)CCN1c1ccc(C(F)(F)F)cc1. The number of piperazine rings is 1. The number of esters is 2. The van der Waals surface area contributed by atoms with Crippen molar-refractivity contribution in [1.82, 2.24) is 5.32 Å². The summed E-state index contributed by atoms with van der Waals surface area (Å²) in [6.07, 6.45) is -7.46. The highest BCUT2D eigenvalue weighted by Gasteiger charge is 2.41. The first kappa shape index (κ1) is 41.9. The largest absolute Gasteiger partial charge is 0.478 e. The van der Waals surface area contributed by atoms with E-state index in [1.807, 2.05) is 12.1 Å². The molecule has 300 valence electrons. The molecule has 2 unspecified atom stereocenters. The number of rotatable bonds is 11. The Bertz CT molecular complexity index is 1970. The minimum Gasteiger partial charge on any atom is -0.478 e. The molecule has 2 fully saturated rings. The van der Waals surface area contributed by atoms with Gasteiger partial charge in [-0.15, -0.1) is 0 Å². The molecule has 0 spiro atoms. The molecule has 0 bridgehead atoms. The molecule has 2 aliphatic heterocycles. The molecular formula is C42H42F3N3O9. The highest BCUT2D eigenvalue weighted by Crippen LogP contribution is 2.34. The lowest BCUT2D eigenvalue weighted by Crippen LogP contribution is -2.45. The molecule has 0 aromatic heterocycles. The lowest BCUT2D eigenvalue weighted by molar-refractivity contribution is -0.166. The molecular weight excluding hydrogens is 747 g/mol. The standard InChI is InChI=1S/C22H24F3N3O.C20H18O8/c23-22(24,25)18-5-7-19(8-6-18)28-12-9-17(21(28)29)15-16-3-1-2-4-20(16)27-13-10-26-11-14-27;1-11-3-7-13(8-4-11)19(25)27-15(17(21)22)16(18(23)24)28-20(26)14-9-5-12(2)6-10-14/h1-8,17,26H,9-15H2;3-10,15-16H,1-2H3,(H,21,22)(H,23,24)/t17-;/m0./s1. The molecule has 2 heterocycles. The number of amides is 1. The number of hydrogen-bond acceptors (Lipinski definition) is 9. The molecule has 57 heavy (non-hydrogen) atoms. The molecule has 1 amide bonds. The molecule has 0 radical (unpaired) electrons. The van der Waals surface area contributed by atoms with Crippen molar-refractivity contribution in [3.05, 3.63) is 130 Å². The first-order chi connectivity index (χ1) is 27.1. The fourth-order valence-electron chi connectivity index (χ4n) is 6.41. The Labute approximate surface area is 326 Å². The summed E-state index contributed by atoms with van der Waals surface area (Å²) in [5.41, 5.74) is 3.95. The van der Waals surface area contributed by atoms with Gasteiger partial charge < -0.3 is 34.8 Å². The first-order valence-corrected chi connectivity index (χ1v) is 18.2. The number of carboxylic acid groups (broad SMARTS) is 2. The van der Waals surface area contributed by atoms with Crippen molar-refractivity contribution in [3.8, 4) is 0 Å². The molecule has 12 nitrogen and oxygen atoms in total. The molecule has 0 aliphatic carbocycles. The second-order valence-electron chi connectivity index (χ2n) is 13.7. The fourth-order valence-corrected chi connectivity index (χ4v) is 6.41. The number of aryl methyl sites for hydroxylation is 2. The van der Waals surface area contributed by atoms with Gasteiger partial charge in [0, 0.05) is 50.0 Å². The normalized spacial score (nSPS) is 16.5. The van der Waals surface area contributed by atoms with Crippen LogP contribution in [0.1, 0.15) is 49.4 Å². The van der Waals surface area contributed by atoms with Crippen LogP contribution in [0.4, 0.5) is 24.5 Å². The molecule has 4 aromatic carbocycles. The Morgan fingerprint density at radius 1 is 0.737 bits per heavy atom. The molecule has 0 saturated carbocycles. The van der Waals surface area contributed by atoms with Crippen LogP contribution < -0.4 is 15.1 Å². The number of carboxylic acids is 2. The molecule has 3 N–H and O–H groups in total. The van der Waals surface area contributed by atoms with E-state index in [1.165, 1.54) is 42.1 Å². The van der Waals surface area contributed by atoms with E-state index >= 15 is 0 Å². The van der Waals surface area contributed by atoms with Crippen LogP contribution in [0.2, 0.25) is 0 Å². The highest BCUT2D eigenvalue weighted by molar-refractivity contribution is 5.97. The summed E-state index contributed by atoms with van der Waals surface area (Å²) in [6, 6.07) is 25.1. The smallest absolute Gasteiger partial charge is 0.416 e. The van der Waals surface area contributed by atoms with Crippen LogP contribution in [-0.4, -0.2) is 84.9 Å². The van der Waals surface area contributed by atoms with Gasteiger partial charge in [-0.2, -0.15) is 13.2 Å². The van der Waals surface area contributed by atoms with Crippen LogP contribution in [0.3, 0.4) is 0 Å². The number of para-hydroxylation sites is 1. The molecule has 4 aromatic rings. The van der Waals surface area contributed by atoms with Gasteiger partial charge in [0.05, 0.1) is 16.7 Å². The number of carbonyl (C=O) groups is 5. The Balaban J connectivity index is 0.000000218. The van der Waals surface area contributed by atoms with E-state index in [4.69, 9.17) is 9.47 Å². The van der Waals surface area contributed by atoms with Crippen LogP contribution in [-0.2, 0) is 36.5 Å². The lowest BCUT2D eigenvalue weighted by atomic mass is 9.96. The second-order valence-corrected chi connectivity index (χ2v) is 13.7. The zero-order valence-electron chi connectivity index (χ0n) is 31.2. The van der Waals surface area contributed by atoms with Gasteiger partial charge in [0.25, 0.3) is 0 Å². The number of aliphatic carboxylic acids is 2. The minimum atomic E-state index is -4.37. The average Bonchev–Trinajstić information content (AvgIpc) is 3.55. The Morgan fingerprint density at radius 2 is 1.23 bits per heavy atom. The highest BCUT2D eigenvalue weighted by atomic mass is 19.4. The summed E-state index contributed by atoms with van der Waals surface area (Å²) >= 11 is 0. The van der Waals surface area contributed by atoms with E-state index in [9.17, 15) is 47.4 Å². The quantitative estimate of drug-likeness (QED) is 0.154. The van der Waals surface area contributed by atoms with E-state index in [1.54, 1.807) is 43.0 Å². The summed E-state index contributed by atoms with van der Waals surface area (Å²) in [5.74, 6) is -5.79. The van der Waals surface area contributed by atoms with Gasteiger partial charge in [0.2, 0.25) is 18.1 Å². The third-order valence-corrected chi connectivity index (χ3v) is 9.54. The molecule has 2 saturated heterocycles. The summed E-state index contributed by atoms with van der Waals surface area (Å²) in [5, 5.41) is 22.0. The van der Waals surface area contributed by atoms with Crippen molar-refractivity contribution < 1.29 is 56.8 Å². The van der Waals surface area contributed by atoms with Gasteiger partial charge in [-0.05, 0) is 86.8 Å². The minimum absolute atomic E-state index is 0.0140. The predicted octanol–water partition coefficient (Wildman–Crippen LogP) is 5.93. The molecule has 15 heteroatoms. The third kappa shape index (κ3) is 11.0. The Hall–Kier alpha value is -6.22. The average molecular weight is 790 g/mol. The zero-order valence-corrected chi connectivity index (χ0v) is 31.2. The monoisotopic (exact) mass is 789 g/mol. The summed E-state index contributed by atoms with van der Waals surface area (Å²) in [4.78, 5) is 64.3. The van der Waals surface area contributed by atoms with Gasteiger partial charge in [-0.3, -0.25) is 4.79 Å². The number of alkyl halides is 3. The lowest BCUT2D eigenvalue weighted by Gasteiger charge is -2.31. The number of halogens is 3. The molecule has 2 aliphatic rings. The van der Waals surface area contributed by atoms with E-state index in [0.717, 1.165) is 55.0 Å². The van der Waals surface area contributed by atoms with Gasteiger partial charge in [-0.1, -0.05) is 53.6 Å². The van der Waals surface area contributed by atoms with Gasteiger partial charge in [0.1, 0.15) is 0 Å². The maximum Gasteiger partial charge on any atom is 0.416 e. The maximum absolute atomic E-state index is 13.0. The summed E-state index contributed by atoms with van der Waals surface area (Å²) < 4.78 is 48.0. The van der Waals surface area contributed by atoms with Crippen LogP contribution in [0.25, 0.3) is 0 Å². The Morgan fingerprint density at radius 3 is 1.70 bits per heavy atom. The third-order valence-electron chi connectivity index (χ3n) is 9.54. The van der Waals surface area contributed by atoms with Crippen molar-refractivity contribution in [2.45, 2.75) is 45.1 Å². The Kier molecular flexibility index (Phi) is 13.7. The van der Waals surface area contributed by atoms with Crippen LogP contribution in [0, 0.1) is 19.8 Å². The second kappa shape index (κ2) is 18.6. The zero-order chi connectivity index (χ0) is 41.3. The fraction of sp³-hybridized carbons (Fsp3) is 0.310. The number of benzene rings is 4. The number of anilines is 2. The van der Waals surface area contributed by atoms with Gasteiger partial charge in [-0.25, -0.2) is 19.2 Å². The maximum atomic E-state index is 13.0. The van der Waals surface area contributed by atoms with Crippen molar-refractivity contribution in [1.29, 1.82) is 0 Å². The van der Waals surface area contributed by atoms with Crippen molar-refractivity contribution in [3.63, 3.8) is 0 Å². The molecule has 6 rings (SSSR count). The van der Waals surface area contributed by atoms with Crippen molar-refractivity contribution >= 4 is 41.2 Å². The summed E-state index contributed by atoms with van der Waals surface area (Å²) in [7, 11) is 0. The number of hydrogen-bond donors (Lipinski definition) is 3. The predicted molar refractivity (Wildman–Crippen MR) is 203 cm³/mol. The first-order valence-electron chi connectivity index (χ1n) is 18.2. The van der Waals surface area contributed by atoms with Crippen molar-refractivity contribution in [2.24, 2.45) is 5.92 Å². The number of ether oxygens (including phenoxy) is 2. The van der Waals surface area contributed by atoms with E-state index in [2.05, 4.69) is 22.3 Å². The number of carbonyl (C=O) groups excluding carboxylic acids is 3. The molecule has 3 atom stereocenters. The topological polar surface area (TPSA) is 163 Å². The van der Waals surface area contributed by atoms with E-state index in [0.29, 0.717) is 25.1 Å². The summed E-state index contributed by atoms with van der Waals surface area (Å²) in [6.45, 7) is 7.88. The van der Waals surface area contributed by atoms with E-state index < -0.39 is 47.8 Å². The number of nitrogens with zero attached hydrogens (tertiary/aromatic N) is 2. The number of nitrogens with one attached hydrogen (secondary N) is 1. The van der Waals surface area contributed by atoms with Crippen molar-refractivity contribution in [2.75, 3.05) is 42.5 Å². The van der Waals surface area contributed by atoms with E-state index in [-0.39, 0.29) is 23.0 Å². The van der Waals surface area contributed by atoms with Gasteiger partial charge in [0.15, 0.2) is 0 Å². The van der Waals surface area contributed by atoms with Crippen LogP contribution in [0.15, 0.2) is 97.1 Å².